The van der Waals surface area contributed by atoms with Crippen molar-refractivity contribution in [2.45, 2.75) is 83.5 Å². The highest BCUT2D eigenvalue weighted by atomic mass is 16.3. The fraction of sp³-hybridized carbons (Fsp3) is 0.778. The van der Waals surface area contributed by atoms with E-state index in [1.165, 1.54) is 57.8 Å². The fourth-order valence-corrected chi connectivity index (χ4v) is 2.26. The minimum absolute atomic E-state index is 0.325. The summed E-state index contributed by atoms with van der Waals surface area (Å²) in [5, 5.41) is 17.6. The summed E-state index contributed by atoms with van der Waals surface area (Å²) in [6.07, 6.45) is 19.9. The minimum Gasteiger partial charge on any atom is -0.513 e. The first-order chi connectivity index (χ1) is 9.77. The molecule has 0 aromatic heterocycles. The van der Waals surface area contributed by atoms with Crippen LogP contribution in [-0.2, 0) is 0 Å². The predicted octanol–water partition coefficient (Wildman–Crippen LogP) is 5.68. The van der Waals surface area contributed by atoms with Crippen LogP contribution in [0.1, 0.15) is 83.5 Å². The zero-order valence-electron chi connectivity index (χ0n) is 13.2. The Morgan fingerprint density at radius 2 is 1.15 bits per heavy atom. The summed E-state index contributed by atoms with van der Waals surface area (Å²) in [5.74, 6) is 0.325. The second-order valence-electron chi connectivity index (χ2n) is 5.62. The van der Waals surface area contributed by atoms with Crippen molar-refractivity contribution in [1.82, 2.24) is 0 Å². The van der Waals surface area contributed by atoms with Gasteiger partial charge in [0.25, 0.3) is 0 Å². The molecule has 0 aliphatic heterocycles. The van der Waals surface area contributed by atoms with Crippen LogP contribution >= 0.6 is 0 Å². The van der Waals surface area contributed by atoms with Crippen LogP contribution in [0.15, 0.2) is 24.5 Å². The van der Waals surface area contributed by atoms with Crippen molar-refractivity contribution in [1.29, 1.82) is 0 Å². The number of allylic oxidation sites excluding steroid dienone is 3. The Bertz CT molecular complexity index is 234. The van der Waals surface area contributed by atoms with E-state index in [1.54, 1.807) is 0 Å². The van der Waals surface area contributed by atoms with Crippen LogP contribution in [0, 0.1) is 0 Å². The molecule has 0 fully saturated rings. The molecule has 0 aliphatic carbocycles. The Morgan fingerprint density at radius 3 is 1.65 bits per heavy atom. The molecule has 0 saturated heterocycles. The number of rotatable bonds is 15. The smallest absolute Gasteiger partial charge is 0.0851 e. The van der Waals surface area contributed by atoms with Gasteiger partial charge in [0.1, 0.15) is 0 Å². The summed E-state index contributed by atoms with van der Waals surface area (Å²) in [5.41, 5.74) is 0. The van der Waals surface area contributed by atoms with Crippen molar-refractivity contribution in [3.63, 3.8) is 0 Å². The van der Waals surface area contributed by atoms with E-state index in [0.29, 0.717) is 12.4 Å². The zero-order valence-corrected chi connectivity index (χ0v) is 13.2. The Kier molecular flexibility index (Phi) is 15.7. The molecule has 0 aromatic carbocycles. The Labute approximate surface area is 125 Å². The van der Waals surface area contributed by atoms with Crippen LogP contribution in [0.5, 0.6) is 0 Å². The fourth-order valence-electron chi connectivity index (χ4n) is 2.26. The van der Waals surface area contributed by atoms with Gasteiger partial charge in [-0.25, -0.2) is 0 Å². The van der Waals surface area contributed by atoms with Crippen molar-refractivity contribution in [2.24, 2.45) is 0 Å². The van der Waals surface area contributed by atoms with Gasteiger partial charge in [-0.15, -0.1) is 0 Å². The molecule has 0 aromatic rings. The standard InChI is InChI=1S/C18H34O2/c1-18(20)16-14-12-10-8-6-4-2-3-5-7-9-11-13-15-17-19/h3,5,19-20H,1-2,4,6-17H2/b5-3+. The van der Waals surface area contributed by atoms with Crippen LogP contribution in [0.4, 0.5) is 0 Å². The van der Waals surface area contributed by atoms with E-state index in [2.05, 4.69) is 18.7 Å². The average molecular weight is 282 g/mol. The van der Waals surface area contributed by atoms with Crippen molar-refractivity contribution in [3.05, 3.63) is 24.5 Å². The molecule has 0 saturated carbocycles. The number of hydrogen-bond donors (Lipinski definition) is 2. The molecule has 0 bridgehead atoms. The molecule has 118 valence electrons. The largest absolute Gasteiger partial charge is 0.513 e. The first-order valence-electron chi connectivity index (χ1n) is 8.40. The summed E-state index contributed by atoms with van der Waals surface area (Å²) in [7, 11) is 0. The van der Waals surface area contributed by atoms with E-state index < -0.39 is 0 Å². The lowest BCUT2D eigenvalue weighted by molar-refractivity contribution is 0.282. The van der Waals surface area contributed by atoms with Gasteiger partial charge in [-0.05, 0) is 38.5 Å². The predicted molar refractivity (Wildman–Crippen MR) is 88.0 cm³/mol. The summed E-state index contributed by atoms with van der Waals surface area (Å²) >= 11 is 0. The SMILES string of the molecule is C=C(O)CCCCCCCC/C=C/CCCCCCO. The number of aliphatic hydroxyl groups is 2. The third-order valence-corrected chi connectivity index (χ3v) is 3.53. The molecule has 2 nitrogen and oxygen atoms in total. The molecule has 20 heavy (non-hydrogen) atoms. The van der Waals surface area contributed by atoms with E-state index in [9.17, 15) is 0 Å². The Morgan fingerprint density at radius 1 is 0.700 bits per heavy atom. The quantitative estimate of drug-likeness (QED) is 0.230. The third-order valence-electron chi connectivity index (χ3n) is 3.53. The zero-order chi connectivity index (χ0) is 14.9. The van der Waals surface area contributed by atoms with Crippen molar-refractivity contribution < 1.29 is 10.2 Å². The first kappa shape index (κ1) is 19.2. The van der Waals surface area contributed by atoms with Gasteiger partial charge in [0.05, 0.1) is 5.76 Å². The number of aliphatic hydroxyl groups excluding tert-OH is 2. The normalized spacial score (nSPS) is 11.2. The van der Waals surface area contributed by atoms with Gasteiger partial charge >= 0.3 is 0 Å². The molecule has 0 heterocycles. The molecule has 0 amide bonds. The van der Waals surface area contributed by atoms with Gasteiger partial charge < -0.3 is 10.2 Å². The second-order valence-corrected chi connectivity index (χ2v) is 5.62. The van der Waals surface area contributed by atoms with Gasteiger partial charge in [0.2, 0.25) is 0 Å². The highest BCUT2D eigenvalue weighted by Gasteiger charge is 1.92. The van der Waals surface area contributed by atoms with Crippen LogP contribution in [0.2, 0.25) is 0 Å². The van der Waals surface area contributed by atoms with Crippen molar-refractivity contribution in [2.75, 3.05) is 6.61 Å². The lowest BCUT2D eigenvalue weighted by Crippen LogP contribution is -1.83. The molecule has 0 unspecified atom stereocenters. The molecular formula is C18H34O2. The maximum absolute atomic E-state index is 8.94. The van der Waals surface area contributed by atoms with Gasteiger partial charge in [-0.2, -0.15) is 0 Å². The van der Waals surface area contributed by atoms with Crippen LogP contribution < -0.4 is 0 Å². The summed E-state index contributed by atoms with van der Waals surface area (Å²) in [4.78, 5) is 0. The van der Waals surface area contributed by atoms with E-state index in [0.717, 1.165) is 25.7 Å². The van der Waals surface area contributed by atoms with E-state index in [1.807, 2.05) is 0 Å². The second kappa shape index (κ2) is 16.3. The lowest BCUT2D eigenvalue weighted by Gasteiger charge is -2.00. The Hall–Kier alpha value is -0.760. The molecule has 0 atom stereocenters. The third kappa shape index (κ3) is 17.2. The van der Waals surface area contributed by atoms with Gasteiger partial charge in [0.15, 0.2) is 0 Å². The van der Waals surface area contributed by atoms with Gasteiger partial charge in [-0.3, -0.25) is 0 Å². The maximum atomic E-state index is 8.94. The van der Waals surface area contributed by atoms with Crippen LogP contribution in [-0.4, -0.2) is 16.8 Å². The topological polar surface area (TPSA) is 40.5 Å². The number of unbranched alkanes of at least 4 members (excludes halogenated alkanes) is 10. The summed E-state index contributed by atoms with van der Waals surface area (Å²) in [6.45, 7) is 3.83. The molecule has 2 heteroatoms. The van der Waals surface area contributed by atoms with E-state index in [-0.39, 0.29) is 0 Å². The van der Waals surface area contributed by atoms with Gasteiger partial charge in [-0.1, -0.05) is 57.3 Å². The molecule has 0 radical (unpaired) electrons. The number of hydrogen-bond acceptors (Lipinski definition) is 2. The van der Waals surface area contributed by atoms with Crippen molar-refractivity contribution in [3.8, 4) is 0 Å². The molecule has 0 rings (SSSR count). The van der Waals surface area contributed by atoms with Gasteiger partial charge in [0, 0.05) is 13.0 Å². The van der Waals surface area contributed by atoms with Crippen molar-refractivity contribution >= 4 is 0 Å². The molecule has 0 aliphatic rings. The highest BCUT2D eigenvalue weighted by Crippen LogP contribution is 2.11. The Balaban J connectivity index is 3.06. The first-order valence-corrected chi connectivity index (χ1v) is 8.40. The molecular weight excluding hydrogens is 248 g/mol. The van der Waals surface area contributed by atoms with E-state index >= 15 is 0 Å². The summed E-state index contributed by atoms with van der Waals surface area (Å²) in [6, 6.07) is 0. The van der Waals surface area contributed by atoms with Crippen LogP contribution in [0.3, 0.4) is 0 Å². The highest BCUT2D eigenvalue weighted by molar-refractivity contribution is 4.81. The lowest BCUT2D eigenvalue weighted by atomic mass is 10.1. The van der Waals surface area contributed by atoms with Crippen LogP contribution in [0.25, 0.3) is 0 Å². The molecule has 2 N–H and O–H groups in total. The molecule has 0 spiro atoms. The monoisotopic (exact) mass is 282 g/mol. The average Bonchev–Trinajstić information content (AvgIpc) is 2.43. The maximum Gasteiger partial charge on any atom is 0.0851 e. The summed E-state index contributed by atoms with van der Waals surface area (Å²) < 4.78 is 0. The minimum atomic E-state index is 0.325. The van der Waals surface area contributed by atoms with E-state index in [4.69, 9.17) is 10.2 Å².